The highest BCUT2D eigenvalue weighted by Crippen LogP contribution is 2.32. The summed E-state index contributed by atoms with van der Waals surface area (Å²) in [5, 5.41) is 4.09. The van der Waals surface area contributed by atoms with Crippen LogP contribution in [0.4, 0.5) is 11.4 Å². The fraction of sp³-hybridized carbons (Fsp3) is 0.0909. The molecule has 6 N–H and O–H groups in total. The fourth-order valence-corrected chi connectivity index (χ4v) is 2.39. The zero-order chi connectivity index (χ0) is 10.8. The minimum absolute atomic E-state index is 0.521. The van der Waals surface area contributed by atoms with E-state index in [2.05, 4.69) is 0 Å². The summed E-state index contributed by atoms with van der Waals surface area (Å²) in [4.78, 5) is 0. The molecule has 0 radical (unpaired) electrons. The second-order valence-electron chi connectivity index (χ2n) is 3.36. The third kappa shape index (κ3) is 1.82. The zero-order valence-electron chi connectivity index (χ0n) is 8.23. The normalized spacial score (nSPS) is 10.5. The number of nitrogens with two attached hydrogens (primary N) is 3. The Balaban J connectivity index is 2.58. The van der Waals surface area contributed by atoms with Crippen molar-refractivity contribution in [3.8, 4) is 11.1 Å². The van der Waals surface area contributed by atoms with Gasteiger partial charge in [0.05, 0.1) is 0 Å². The summed E-state index contributed by atoms with van der Waals surface area (Å²) in [6.45, 7) is 0.521. The van der Waals surface area contributed by atoms with Gasteiger partial charge in [0.15, 0.2) is 0 Å². The molecule has 0 spiro atoms. The van der Waals surface area contributed by atoms with E-state index in [4.69, 9.17) is 17.2 Å². The van der Waals surface area contributed by atoms with Crippen LogP contribution in [0.15, 0.2) is 29.0 Å². The molecule has 0 amide bonds. The number of thiophene rings is 1. The molecular formula is C11H13N3S. The van der Waals surface area contributed by atoms with Crippen molar-refractivity contribution in [2.24, 2.45) is 5.73 Å². The SMILES string of the molecule is NCc1cscc1-c1cc(N)ccc1N. The van der Waals surface area contributed by atoms with Crippen molar-refractivity contribution in [1.82, 2.24) is 0 Å². The quantitative estimate of drug-likeness (QED) is 0.676. The lowest BCUT2D eigenvalue weighted by Crippen LogP contribution is -1.98. The number of hydrogen-bond acceptors (Lipinski definition) is 4. The lowest BCUT2D eigenvalue weighted by molar-refractivity contribution is 1.08. The van der Waals surface area contributed by atoms with Gasteiger partial charge in [0.2, 0.25) is 0 Å². The molecule has 0 fully saturated rings. The summed E-state index contributed by atoms with van der Waals surface area (Å²) in [6, 6.07) is 5.51. The van der Waals surface area contributed by atoms with Gasteiger partial charge < -0.3 is 17.2 Å². The molecule has 0 atom stereocenters. The number of nitrogen functional groups attached to an aromatic ring is 2. The van der Waals surface area contributed by atoms with Crippen LogP contribution in [0.3, 0.4) is 0 Å². The van der Waals surface area contributed by atoms with E-state index in [1.54, 1.807) is 17.4 Å². The maximum absolute atomic E-state index is 5.91. The molecule has 0 unspecified atom stereocenters. The zero-order valence-corrected chi connectivity index (χ0v) is 9.05. The van der Waals surface area contributed by atoms with E-state index >= 15 is 0 Å². The van der Waals surface area contributed by atoms with Crippen molar-refractivity contribution in [2.75, 3.05) is 11.5 Å². The smallest absolute Gasteiger partial charge is 0.0395 e. The van der Waals surface area contributed by atoms with Gasteiger partial charge in [-0.2, -0.15) is 11.3 Å². The van der Waals surface area contributed by atoms with Crippen LogP contribution in [0.2, 0.25) is 0 Å². The molecule has 0 aliphatic carbocycles. The van der Waals surface area contributed by atoms with Gasteiger partial charge >= 0.3 is 0 Å². The molecule has 1 aromatic heterocycles. The first-order chi connectivity index (χ1) is 7.22. The van der Waals surface area contributed by atoms with Crippen LogP contribution in [0, 0.1) is 0 Å². The Bertz CT molecular complexity index is 476. The number of rotatable bonds is 2. The van der Waals surface area contributed by atoms with Gasteiger partial charge in [-0.3, -0.25) is 0 Å². The minimum atomic E-state index is 0.521. The van der Waals surface area contributed by atoms with Crippen LogP contribution in [0.5, 0.6) is 0 Å². The van der Waals surface area contributed by atoms with Gasteiger partial charge in [0.25, 0.3) is 0 Å². The van der Waals surface area contributed by atoms with Crippen molar-refractivity contribution in [3.05, 3.63) is 34.5 Å². The van der Waals surface area contributed by atoms with Crippen LogP contribution < -0.4 is 17.2 Å². The van der Waals surface area contributed by atoms with E-state index in [1.807, 2.05) is 22.9 Å². The van der Waals surface area contributed by atoms with Crippen molar-refractivity contribution in [2.45, 2.75) is 6.54 Å². The third-order valence-electron chi connectivity index (χ3n) is 2.33. The number of hydrogen-bond donors (Lipinski definition) is 3. The summed E-state index contributed by atoms with van der Waals surface area (Å²) < 4.78 is 0. The Morgan fingerprint density at radius 1 is 1.07 bits per heavy atom. The number of benzene rings is 1. The first-order valence-electron chi connectivity index (χ1n) is 4.63. The summed E-state index contributed by atoms with van der Waals surface area (Å²) in [7, 11) is 0. The van der Waals surface area contributed by atoms with Crippen molar-refractivity contribution >= 4 is 22.7 Å². The highest BCUT2D eigenvalue weighted by molar-refractivity contribution is 7.08. The van der Waals surface area contributed by atoms with E-state index in [0.29, 0.717) is 12.2 Å². The molecule has 4 heteroatoms. The first kappa shape index (κ1) is 10.0. The summed E-state index contributed by atoms with van der Waals surface area (Å²) in [5.74, 6) is 0. The van der Waals surface area contributed by atoms with E-state index in [0.717, 1.165) is 22.4 Å². The summed E-state index contributed by atoms with van der Waals surface area (Å²) in [6.07, 6.45) is 0. The van der Waals surface area contributed by atoms with Crippen molar-refractivity contribution in [3.63, 3.8) is 0 Å². The second kappa shape index (κ2) is 3.92. The molecule has 0 bridgehead atoms. The molecule has 3 nitrogen and oxygen atoms in total. The average Bonchev–Trinajstić information content (AvgIpc) is 2.69. The van der Waals surface area contributed by atoms with Crippen molar-refractivity contribution in [1.29, 1.82) is 0 Å². The Labute approximate surface area is 92.5 Å². The van der Waals surface area contributed by atoms with Crippen LogP contribution in [0.25, 0.3) is 11.1 Å². The Morgan fingerprint density at radius 2 is 1.87 bits per heavy atom. The predicted octanol–water partition coefficient (Wildman–Crippen LogP) is 2.04. The Hall–Kier alpha value is -1.52. The van der Waals surface area contributed by atoms with Crippen LogP contribution >= 0.6 is 11.3 Å². The van der Waals surface area contributed by atoms with Gasteiger partial charge in [-0.05, 0) is 40.1 Å². The standard InChI is InChI=1S/C11H13N3S/c12-4-7-5-15-6-10(7)9-3-8(13)1-2-11(9)14/h1-3,5-6H,4,12-14H2. The second-order valence-corrected chi connectivity index (χ2v) is 4.11. The molecule has 0 saturated heterocycles. The van der Waals surface area contributed by atoms with Crippen LogP contribution in [-0.4, -0.2) is 0 Å². The molecule has 78 valence electrons. The molecule has 2 rings (SSSR count). The van der Waals surface area contributed by atoms with Gasteiger partial charge in [0.1, 0.15) is 0 Å². The molecule has 0 aliphatic rings. The van der Waals surface area contributed by atoms with Crippen molar-refractivity contribution < 1.29 is 0 Å². The minimum Gasteiger partial charge on any atom is -0.399 e. The monoisotopic (exact) mass is 219 g/mol. The van der Waals surface area contributed by atoms with Crippen LogP contribution in [-0.2, 0) is 6.54 Å². The maximum atomic E-state index is 5.91. The highest BCUT2D eigenvalue weighted by Gasteiger charge is 2.08. The van der Waals surface area contributed by atoms with Gasteiger partial charge in [-0.25, -0.2) is 0 Å². The largest absolute Gasteiger partial charge is 0.399 e. The average molecular weight is 219 g/mol. The van der Waals surface area contributed by atoms with Gasteiger partial charge in [0, 0.05) is 23.5 Å². The predicted molar refractivity (Wildman–Crippen MR) is 66.5 cm³/mol. The number of anilines is 2. The molecule has 0 aliphatic heterocycles. The molecule has 1 aromatic carbocycles. The lowest BCUT2D eigenvalue weighted by Gasteiger charge is -2.07. The van der Waals surface area contributed by atoms with E-state index in [1.165, 1.54) is 0 Å². The van der Waals surface area contributed by atoms with Crippen LogP contribution in [0.1, 0.15) is 5.56 Å². The molecular weight excluding hydrogens is 206 g/mol. The van der Waals surface area contributed by atoms with E-state index < -0.39 is 0 Å². The third-order valence-corrected chi connectivity index (χ3v) is 3.12. The first-order valence-corrected chi connectivity index (χ1v) is 5.57. The maximum Gasteiger partial charge on any atom is 0.0395 e. The van der Waals surface area contributed by atoms with Gasteiger partial charge in [-0.15, -0.1) is 0 Å². The van der Waals surface area contributed by atoms with E-state index in [9.17, 15) is 0 Å². The fourth-order valence-electron chi connectivity index (χ4n) is 1.53. The Kier molecular flexibility index (Phi) is 2.62. The molecule has 2 aromatic rings. The topological polar surface area (TPSA) is 78.1 Å². The summed E-state index contributed by atoms with van der Waals surface area (Å²) >= 11 is 1.62. The summed E-state index contributed by atoms with van der Waals surface area (Å²) in [5.41, 5.74) is 21.9. The van der Waals surface area contributed by atoms with Gasteiger partial charge in [-0.1, -0.05) is 0 Å². The molecule has 15 heavy (non-hydrogen) atoms. The lowest BCUT2D eigenvalue weighted by atomic mass is 10.0. The van der Waals surface area contributed by atoms with E-state index in [-0.39, 0.29) is 0 Å². The highest BCUT2D eigenvalue weighted by atomic mass is 32.1. The molecule has 1 heterocycles. The Morgan fingerprint density at radius 3 is 2.60 bits per heavy atom. The molecule has 0 saturated carbocycles.